The summed E-state index contributed by atoms with van der Waals surface area (Å²) in [4.78, 5) is 4.75. The highest BCUT2D eigenvalue weighted by Gasteiger charge is 2.15. The van der Waals surface area contributed by atoms with Gasteiger partial charge in [0.2, 0.25) is 0 Å². The molecule has 0 unspecified atom stereocenters. The fourth-order valence-corrected chi connectivity index (χ4v) is 3.09. The molecule has 4 nitrogen and oxygen atoms in total. The van der Waals surface area contributed by atoms with E-state index in [9.17, 15) is 0 Å². The van der Waals surface area contributed by atoms with E-state index in [-0.39, 0.29) is 0 Å². The molecule has 22 heavy (non-hydrogen) atoms. The van der Waals surface area contributed by atoms with Gasteiger partial charge < -0.3 is 9.14 Å². The van der Waals surface area contributed by atoms with Crippen LogP contribution in [0.1, 0.15) is 11.3 Å². The van der Waals surface area contributed by atoms with Gasteiger partial charge in [-0.2, -0.15) is 5.26 Å². The lowest BCUT2D eigenvalue weighted by molar-refractivity contribution is 0.415. The van der Waals surface area contributed by atoms with Crippen molar-refractivity contribution in [2.45, 2.75) is 13.3 Å². The molecule has 0 aliphatic carbocycles. The Morgan fingerprint density at radius 3 is 2.68 bits per heavy atom. The number of ether oxygens (including phenoxy) is 1. The molecule has 0 saturated carbocycles. The van der Waals surface area contributed by atoms with Gasteiger partial charge in [-0.3, -0.25) is 0 Å². The lowest BCUT2D eigenvalue weighted by Crippen LogP contribution is -1.95. The van der Waals surface area contributed by atoms with E-state index in [1.165, 1.54) is 0 Å². The van der Waals surface area contributed by atoms with Crippen LogP contribution in [0.4, 0.5) is 0 Å². The number of hydrogen-bond donors (Lipinski definition) is 0. The SMILES string of the molecule is COc1ccc(-c2nc3c(C)cc(Br)cn3c2CC#N)cc1. The average molecular weight is 356 g/mol. The number of benzene rings is 1. The maximum atomic E-state index is 9.17. The van der Waals surface area contributed by atoms with Crippen molar-refractivity contribution in [3.05, 3.63) is 52.3 Å². The number of pyridine rings is 1. The molecule has 0 amide bonds. The van der Waals surface area contributed by atoms with Crippen LogP contribution in [0.3, 0.4) is 0 Å². The van der Waals surface area contributed by atoms with Crippen molar-refractivity contribution >= 4 is 21.6 Å². The number of aromatic nitrogens is 2. The Morgan fingerprint density at radius 2 is 2.05 bits per heavy atom. The second kappa shape index (κ2) is 5.82. The van der Waals surface area contributed by atoms with Gasteiger partial charge in [0.25, 0.3) is 0 Å². The Kier molecular flexibility index (Phi) is 3.86. The van der Waals surface area contributed by atoms with Gasteiger partial charge >= 0.3 is 0 Å². The van der Waals surface area contributed by atoms with Gasteiger partial charge in [-0.1, -0.05) is 0 Å². The number of nitrogens with zero attached hydrogens (tertiary/aromatic N) is 3. The molecular weight excluding hydrogens is 342 g/mol. The van der Waals surface area contributed by atoms with Crippen LogP contribution in [0, 0.1) is 18.3 Å². The molecular formula is C17H14BrN3O. The largest absolute Gasteiger partial charge is 0.497 e. The van der Waals surface area contributed by atoms with Crippen molar-refractivity contribution in [3.63, 3.8) is 0 Å². The summed E-state index contributed by atoms with van der Waals surface area (Å²) in [5, 5.41) is 9.17. The van der Waals surface area contributed by atoms with Gasteiger partial charge in [0.05, 0.1) is 31.0 Å². The molecule has 5 heteroatoms. The molecule has 1 aromatic carbocycles. The maximum absolute atomic E-state index is 9.17. The molecule has 0 radical (unpaired) electrons. The quantitative estimate of drug-likeness (QED) is 0.709. The van der Waals surface area contributed by atoms with Crippen LogP contribution in [0.5, 0.6) is 5.75 Å². The van der Waals surface area contributed by atoms with Gasteiger partial charge in [0, 0.05) is 16.2 Å². The van der Waals surface area contributed by atoms with Gasteiger partial charge in [0.1, 0.15) is 11.4 Å². The zero-order valence-corrected chi connectivity index (χ0v) is 13.9. The van der Waals surface area contributed by atoms with E-state index in [2.05, 4.69) is 22.0 Å². The molecule has 3 rings (SSSR count). The van der Waals surface area contributed by atoms with Crippen molar-refractivity contribution in [2.75, 3.05) is 7.11 Å². The predicted molar refractivity (Wildman–Crippen MR) is 88.9 cm³/mol. The molecule has 3 aromatic rings. The van der Waals surface area contributed by atoms with Crippen LogP contribution >= 0.6 is 15.9 Å². The van der Waals surface area contributed by atoms with Crippen LogP contribution < -0.4 is 4.74 Å². The number of rotatable bonds is 3. The van der Waals surface area contributed by atoms with Gasteiger partial charge in [-0.15, -0.1) is 0 Å². The zero-order valence-electron chi connectivity index (χ0n) is 12.3. The summed E-state index contributed by atoms with van der Waals surface area (Å²) in [6, 6.07) is 12.0. The lowest BCUT2D eigenvalue weighted by atomic mass is 10.1. The highest BCUT2D eigenvalue weighted by Crippen LogP contribution is 2.29. The Hall–Kier alpha value is -2.32. The van der Waals surface area contributed by atoms with Gasteiger partial charge in [0.15, 0.2) is 0 Å². The van der Waals surface area contributed by atoms with E-state index in [0.29, 0.717) is 6.42 Å². The summed E-state index contributed by atoms with van der Waals surface area (Å²) in [7, 11) is 1.64. The van der Waals surface area contributed by atoms with E-state index in [1.807, 2.05) is 47.9 Å². The molecule has 0 aliphatic heterocycles. The summed E-state index contributed by atoms with van der Waals surface area (Å²) in [6.07, 6.45) is 2.26. The first kappa shape index (κ1) is 14.6. The van der Waals surface area contributed by atoms with Crippen LogP contribution in [0.2, 0.25) is 0 Å². The van der Waals surface area contributed by atoms with Crippen molar-refractivity contribution in [1.29, 1.82) is 5.26 Å². The summed E-state index contributed by atoms with van der Waals surface area (Å²) >= 11 is 3.50. The number of fused-ring (bicyclic) bond motifs is 1. The Morgan fingerprint density at radius 1 is 1.32 bits per heavy atom. The zero-order chi connectivity index (χ0) is 15.7. The summed E-state index contributed by atoms with van der Waals surface area (Å²) < 4.78 is 8.15. The van der Waals surface area contributed by atoms with E-state index >= 15 is 0 Å². The number of hydrogen-bond acceptors (Lipinski definition) is 3. The van der Waals surface area contributed by atoms with Gasteiger partial charge in [-0.05, 0) is 58.7 Å². The molecule has 2 aromatic heterocycles. The number of aryl methyl sites for hydroxylation is 1. The van der Waals surface area contributed by atoms with Crippen molar-refractivity contribution in [3.8, 4) is 23.1 Å². The lowest BCUT2D eigenvalue weighted by Gasteiger charge is -2.04. The fourth-order valence-electron chi connectivity index (χ4n) is 2.54. The molecule has 0 atom stereocenters. The fraction of sp³-hybridized carbons (Fsp3) is 0.176. The molecule has 0 bridgehead atoms. The standard InChI is InChI=1S/C17H14BrN3O/c1-11-9-13(18)10-21-15(7-8-19)16(20-17(11)21)12-3-5-14(22-2)6-4-12/h3-6,9-10H,7H2,1-2H3. The first-order valence-electron chi connectivity index (χ1n) is 6.82. The van der Waals surface area contributed by atoms with Crippen LogP contribution in [-0.4, -0.2) is 16.5 Å². The second-order valence-electron chi connectivity index (χ2n) is 5.01. The first-order chi connectivity index (χ1) is 10.6. The Bertz CT molecular complexity index is 876. The molecule has 0 saturated heterocycles. The van der Waals surface area contributed by atoms with E-state index in [0.717, 1.165) is 38.4 Å². The third kappa shape index (κ3) is 2.46. The van der Waals surface area contributed by atoms with E-state index in [4.69, 9.17) is 15.0 Å². The second-order valence-corrected chi connectivity index (χ2v) is 5.92. The topological polar surface area (TPSA) is 50.3 Å². The normalized spacial score (nSPS) is 10.6. The minimum absolute atomic E-state index is 0.304. The predicted octanol–water partition coefficient (Wildman–Crippen LogP) is 4.15. The molecule has 0 spiro atoms. The molecule has 0 fully saturated rings. The Balaban J connectivity index is 2.25. The highest BCUT2D eigenvalue weighted by atomic mass is 79.9. The van der Waals surface area contributed by atoms with Crippen molar-refractivity contribution in [2.24, 2.45) is 0 Å². The minimum atomic E-state index is 0.304. The van der Waals surface area contributed by atoms with Crippen LogP contribution in [0.25, 0.3) is 16.9 Å². The van der Waals surface area contributed by atoms with Crippen LogP contribution in [-0.2, 0) is 6.42 Å². The monoisotopic (exact) mass is 355 g/mol. The minimum Gasteiger partial charge on any atom is -0.497 e. The summed E-state index contributed by atoms with van der Waals surface area (Å²) in [6.45, 7) is 2.01. The number of methoxy groups -OCH3 is 1. The summed E-state index contributed by atoms with van der Waals surface area (Å²) in [5.41, 5.74) is 4.65. The third-order valence-electron chi connectivity index (χ3n) is 3.58. The smallest absolute Gasteiger partial charge is 0.140 e. The Labute approximate surface area is 137 Å². The number of nitriles is 1. The van der Waals surface area contributed by atoms with E-state index in [1.54, 1.807) is 7.11 Å². The van der Waals surface area contributed by atoms with Crippen molar-refractivity contribution in [1.82, 2.24) is 9.38 Å². The molecule has 110 valence electrons. The van der Waals surface area contributed by atoms with Gasteiger partial charge in [-0.25, -0.2) is 4.98 Å². The highest BCUT2D eigenvalue weighted by molar-refractivity contribution is 9.10. The molecule has 0 aliphatic rings. The molecule has 0 N–H and O–H groups in total. The van der Waals surface area contributed by atoms with Crippen molar-refractivity contribution < 1.29 is 4.74 Å². The maximum Gasteiger partial charge on any atom is 0.140 e. The summed E-state index contributed by atoms with van der Waals surface area (Å²) in [5.74, 6) is 0.799. The average Bonchev–Trinajstić information content (AvgIpc) is 2.87. The third-order valence-corrected chi connectivity index (χ3v) is 4.01. The van der Waals surface area contributed by atoms with Crippen LogP contribution in [0.15, 0.2) is 41.0 Å². The first-order valence-corrected chi connectivity index (χ1v) is 7.62. The number of imidazole rings is 1. The van der Waals surface area contributed by atoms with E-state index < -0.39 is 0 Å². The number of halogens is 1. The molecule has 2 heterocycles.